The summed E-state index contributed by atoms with van der Waals surface area (Å²) in [6.07, 6.45) is -1.30. The average Bonchev–Trinajstić information content (AvgIpc) is 3.61. The first-order chi connectivity index (χ1) is 17.7. The molecule has 4 heterocycles. The molecular formula is C26H30F3N3O4S. The number of benzene rings is 1. The summed E-state index contributed by atoms with van der Waals surface area (Å²) in [4.78, 5) is 30.5. The number of nitrogens with zero attached hydrogens (tertiary/aromatic N) is 2. The summed E-state index contributed by atoms with van der Waals surface area (Å²) in [5.74, 6) is -0.132. The van der Waals surface area contributed by atoms with Crippen molar-refractivity contribution in [3.05, 3.63) is 57.3 Å². The number of likely N-dealkylation sites (tertiary alicyclic amines) is 1. The number of alkyl halides is 3. The van der Waals surface area contributed by atoms with E-state index in [2.05, 4.69) is 10.2 Å². The van der Waals surface area contributed by atoms with Gasteiger partial charge in [-0.25, -0.2) is 4.79 Å². The number of piperidine rings is 1. The summed E-state index contributed by atoms with van der Waals surface area (Å²) in [5.41, 5.74) is -0.377. The fourth-order valence-electron chi connectivity index (χ4n) is 5.12. The van der Waals surface area contributed by atoms with Crippen molar-refractivity contribution in [3.63, 3.8) is 0 Å². The number of hydrogen-bond acceptors (Lipinski definition) is 6. The lowest BCUT2D eigenvalue weighted by Gasteiger charge is -2.37. The van der Waals surface area contributed by atoms with E-state index < -0.39 is 17.3 Å². The van der Waals surface area contributed by atoms with Crippen LogP contribution in [0.2, 0.25) is 0 Å². The second kappa shape index (κ2) is 10.6. The van der Waals surface area contributed by atoms with Gasteiger partial charge in [0.25, 0.3) is 5.91 Å². The first-order valence-corrected chi connectivity index (χ1v) is 13.4. The predicted molar refractivity (Wildman–Crippen MR) is 131 cm³/mol. The van der Waals surface area contributed by atoms with Gasteiger partial charge in [0.1, 0.15) is 5.60 Å². The maximum Gasteiger partial charge on any atom is 0.416 e. The molecule has 0 saturated carbocycles. The standard InChI is InChI=1S/C26H30F3N3O4S/c27-26(28,29)19-5-3-18(4-6-19)15-31-11-9-25(10-12-31)17-32(24(34)36-25)16-21-7-8-22(37-21)23(33)30-14-20-2-1-13-35-20/h3-8,20H,1-2,9-17H2,(H,30,33). The molecule has 0 bridgehead atoms. The number of carbonyl (C=O) groups is 2. The van der Waals surface area contributed by atoms with E-state index in [-0.39, 0.29) is 18.1 Å². The van der Waals surface area contributed by atoms with E-state index in [9.17, 15) is 22.8 Å². The van der Waals surface area contributed by atoms with Gasteiger partial charge in [-0.05, 0) is 42.7 Å². The minimum Gasteiger partial charge on any atom is -0.441 e. The third-order valence-electron chi connectivity index (χ3n) is 7.24. The lowest BCUT2D eigenvalue weighted by Crippen LogP contribution is -2.46. The lowest BCUT2D eigenvalue weighted by molar-refractivity contribution is -0.137. The highest BCUT2D eigenvalue weighted by atomic mass is 32.1. The van der Waals surface area contributed by atoms with Crippen molar-refractivity contribution >= 4 is 23.3 Å². The number of hydrogen-bond donors (Lipinski definition) is 1. The highest BCUT2D eigenvalue weighted by molar-refractivity contribution is 7.14. The highest BCUT2D eigenvalue weighted by Crippen LogP contribution is 2.35. The van der Waals surface area contributed by atoms with Crippen molar-refractivity contribution in [1.82, 2.24) is 15.1 Å². The Morgan fingerprint density at radius 3 is 2.54 bits per heavy atom. The van der Waals surface area contributed by atoms with Gasteiger partial charge in [0, 0.05) is 50.5 Å². The third kappa shape index (κ3) is 6.27. The highest BCUT2D eigenvalue weighted by Gasteiger charge is 2.47. The molecule has 1 aromatic carbocycles. The van der Waals surface area contributed by atoms with Crippen LogP contribution in [-0.4, -0.2) is 66.3 Å². The number of nitrogens with one attached hydrogen (secondary N) is 1. The smallest absolute Gasteiger partial charge is 0.416 e. The molecule has 5 rings (SSSR count). The van der Waals surface area contributed by atoms with E-state index in [0.29, 0.717) is 57.0 Å². The molecule has 1 aromatic heterocycles. The molecule has 2 amide bonds. The summed E-state index contributed by atoms with van der Waals surface area (Å²) in [6, 6.07) is 8.91. The van der Waals surface area contributed by atoms with Crippen LogP contribution in [0, 0.1) is 0 Å². The van der Waals surface area contributed by atoms with Crippen LogP contribution < -0.4 is 5.32 Å². The molecule has 0 radical (unpaired) electrons. The zero-order valence-electron chi connectivity index (χ0n) is 20.4. The van der Waals surface area contributed by atoms with E-state index in [1.807, 2.05) is 6.07 Å². The van der Waals surface area contributed by atoms with Gasteiger partial charge in [0.15, 0.2) is 0 Å². The van der Waals surface area contributed by atoms with E-state index in [1.54, 1.807) is 11.0 Å². The van der Waals surface area contributed by atoms with Gasteiger partial charge in [-0.3, -0.25) is 14.6 Å². The molecular weight excluding hydrogens is 507 g/mol. The molecule has 1 spiro atoms. The maximum absolute atomic E-state index is 12.8. The molecule has 1 N–H and O–H groups in total. The molecule has 3 fully saturated rings. The number of thiophene rings is 1. The van der Waals surface area contributed by atoms with Gasteiger partial charge in [0.05, 0.1) is 29.6 Å². The molecule has 3 saturated heterocycles. The van der Waals surface area contributed by atoms with Crippen molar-refractivity contribution in [2.75, 3.05) is 32.8 Å². The van der Waals surface area contributed by atoms with Gasteiger partial charge in [-0.2, -0.15) is 13.2 Å². The third-order valence-corrected chi connectivity index (χ3v) is 8.31. The van der Waals surface area contributed by atoms with Crippen molar-refractivity contribution in [2.24, 2.45) is 0 Å². The van der Waals surface area contributed by atoms with E-state index >= 15 is 0 Å². The molecule has 7 nitrogen and oxygen atoms in total. The van der Waals surface area contributed by atoms with Crippen molar-refractivity contribution in [1.29, 1.82) is 0 Å². The van der Waals surface area contributed by atoms with Gasteiger partial charge < -0.3 is 14.8 Å². The SMILES string of the molecule is O=C(NCC1CCCO1)c1ccc(CN2CC3(CCN(Cc4ccc(C(F)(F)F)cc4)CC3)OC2=O)s1. The van der Waals surface area contributed by atoms with Crippen LogP contribution in [0.3, 0.4) is 0 Å². The summed E-state index contributed by atoms with van der Waals surface area (Å²) in [5, 5.41) is 2.92. The molecule has 37 heavy (non-hydrogen) atoms. The summed E-state index contributed by atoms with van der Waals surface area (Å²) in [6.45, 7) is 4.06. The van der Waals surface area contributed by atoms with Crippen LogP contribution in [0.1, 0.15) is 51.4 Å². The average molecular weight is 538 g/mol. The Balaban J connectivity index is 1.10. The minimum absolute atomic E-state index is 0.0836. The fraction of sp³-hybridized carbons (Fsp3) is 0.538. The van der Waals surface area contributed by atoms with Crippen LogP contribution >= 0.6 is 11.3 Å². The van der Waals surface area contributed by atoms with Crippen LogP contribution in [-0.2, 0) is 28.7 Å². The normalized spacial score (nSPS) is 22.0. The zero-order valence-corrected chi connectivity index (χ0v) is 21.2. The Hall–Kier alpha value is -2.63. The zero-order chi connectivity index (χ0) is 26.0. The predicted octanol–water partition coefficient (Wildman–Crippen LogP) is 4.66. The molecule has 1 atom stereocenters. The molecule has 3 aliphatic heterocycles. The van der Waals surface area contributed by atoms with E-state index in [4.69, 9.17) is 9.47 Å². The summed E-state index contributed by atoms with van der Waals surface area (Å²) >= 11 is 1.37. The molecule has 1 unspecified atom stereocenters. The van der Waals surface area contributed by atoms with Gasteiger partial charge in [-0.15, -0.1) is 11.3 Å². The van der Waals surface area contributed by atoms with Gasteiger partial charge in [0.2, 0.25) is 0 Å². The fourth-order valence-corrected chi connectivity index (χ4v) is 6.06. The minimum atomic E-state index is -4.34. The largest absolute Gasteiger partial charge is 0.441 e. The molecule has 2 aromatic rings. The molecule has 3 aliphatic rings. The second-order valence-corrected chi connectivity index (χ2v) is 11.2. The Labute approximate surface area is 217 Å². The lowest BCUT2D eigenvalue weighted by atomic mass is 9.91. The Kier molecular flexibility index (Phi) is 7.46. The van der Waals surface area contributed by atoms with Crippen LogP contribution in [0.25, 0.3) is 0 Å². The van der Waals surface area contributed by atoms with Crippen LogP contribution in [0.4, 0.5) is 18.0 Å². The monoisotopic (exact) mass is 537 g/mol. The number of ether oxygens (including phenoxy) is 2. The summed E-state index contributed by atoms with van der Waals surface area (Å²) in [7, 11) is 0. The Morgan fingerprint density at radius 2 is 1.86 bits per heavy atom. The quantitative estimate of drug-likeness (QED) is 0.556. The number of amides is 2. The molecule has 200 valence electrons. The van der Waals surface area contributed by atoms with Crippen molar-refractivity contribution in [3.8, 4) is 0 Å². The topological polar surface area (TPSA) is 71.1 Å². The van der Waals surface area contributed by atoms with Crippen LogP contribution in [0.5, 0.6) is 0 Å². The van der Waals surface area contributed by atoms with Gasteiger partial charge >= 0.3 is 12.3 Å². The Morgan fingerprint density at radius 1 is 1.11 bits per heavy atom. The Bertz CT molecular complexity index is 1110. The van der Waals surface area contributed by atoms with Crippen molar-refractivity contribution < 1.29 is 32.2 Å². The maximum atomic E-state index is 12.8. The number of halogens is 3. The number of carbonyl (C=O) groups excluding carboxylic acids is 2. The molecule has 0 aliphatic carbocycles. The van der Waals surface area contributed by atoms with E-state index in [0.717, 1.165) is 42.0 Å². The van der Waals surface area contributed by atoms with Crippen molar-refractivity contribution in [2.45, 2.75) is 56.7 Å². The molecule has 11 heteroatoms. The van der Waals surface area contributed by atoms with Crippen LogP contribution in [0.15, 0.2) is 36.4 Å². The van der Waals surface area contributed by atoms with Gasteiger partial charge in [-0.1, -0.05) is 12.1 Å². The number of rotatable bonds is 7. The summed E-state index contributed by atoms with van der Waals surface area (Å²) < 4.78 is 49.7. The second-order valence-electron chi connectivity index (χ2n) is 9.99. The van der Waals surface area contributed by atoms with E-state index in [1.165, 1.54) is 23.5 Å². The first-order valence-electron chi connectivity index (χ1n) is 12.5. The first kappa shape index (κ1) is 26.0.